The summed E-state index contributed by atoms with van der Waals surface area (Å²) in [6.07, 6.45) is 8.93. The number of rotatable bonds is 8. The molecule has 0 saturated carbocycles. The minimum absolute atomic E-state index is 0.0711. The number of hydrogen-bond donors (Lipinski definition) is 1. The summed E-state index contributed by atoms with van der Waals surface area (Å²) < 4.78 is 2.10. The number of imidazole rings is 1. The van der Waals surface area contributed by atoms with Crippen LogP contribution in [-0.4, -0.2) is 65.2 Å². The molecule has 2 amide bonds. The Morgan fingerprint density at radius 3 is 2.93 bits per heavy atom. The first kappa shape index (κ1) is 19.4. The van der Waals surface area contributed by atoms with Gasteiger partial charge in [-0.05, 0) is 37.8 Å². The molecule has 1 saturated heterocycles. The number of nitrogens with zero attached hydrogens (tertiary/aromatic N) is 4. The predicted octanol–water partition coefficient (Wildman–Crippen LogP) is 2.48. The van der Waals surface area contributed by atoms with Crippen LogP contribution in [-0.2, 0) is 13.0 Å². The summed E-state index contributed by atoms with van der Waals surface area (Å²) in [5, 5.41) is 3.09. The normalized spacial score (nSPS) is 17.3. The smallest absolute Gasteiger partial charge is 0.317 e. The lowest BCUT2D eigenvalue weighted by Gasteiger charge is -2.33. The zero-order valence-electron chi connectivity index (χ0n) is 16.3. The molecule has 1 aliphatic heterocycles. The quantitative estimate of drug-likeness (QED) is 0.778. The molecule has 1 aromatic carbocycles. The predicted molar refractivity (Wildman–Crippen MR) is 108 cm³/mol. The van der Waals surface area contributed by atoms with Crippen molar-refractivity contribution in [1.29, 1.82) is 0 Å². The first-order chi connectivity index (χ1) is 13.2. The number of carbonyl (C=O) groups is 1. The highest BCUT2D eigenvalue weighted by Gasteiger charge is 2.23. The van der Waals surface area contributed by atoms with E-state index in [2.05, 4.69) is 51.1 Å². The summed E-state index contributed by atoms with van der Waals surface area (Å²) in [7, 11) is 2.11. The number of benzene rings is 1. The SMILES string of the molecule is CN(CCNC(=O)N1CCC[C@@H](Cn2ccnc2)C1)CCc1ccccc1. The third-order valence-corrected chi connectivity index (χ3v) is 5.23. The average Bonchev–Trinajstić information content (AvgIpc) is 3.20. The van der Waals surface area contributed by atoms with Crippen LogP contribution in [0.2, 0.25) is 0 Å². The Morgan fingerprint density at radius 1 is 1.30 bits per heavy atom. The first-order valence-corrected chi connectivity index (χ1v) is 9.91. The standard InChI is InChI=1S/C21H31N5O/c1-24(13-9-19-6-3-2-4-7-19)14-11-23-21(27)26-12-5-8-20(17-26)16-25-15-10-22-18-25/h2-4,6-7,10,15,18,20H,5,8-9,11-14,16-17H2,1H3,(H,23,27)/t20-/m0/s1. The number of hydrogen-bond acceptors (Lipinski definition) is 3. The van der Waals surface area contributed by atoms with E-state index in [0.29, 0.717) is 12.5 Å². The molecule has 0 unspecified atom stereocenters. The molecular weight excluding hydrogens is 338 g/mol. The van der Waals surface area contributed by atoms with Crippen molar-refractivity contribution in [3.05, 3.63) is 54.6 Å². The number of piperidine rings is 1. The minimum atomic E-state index is 0.0711. The first-order valence-electron chi connectivity index (χ1n) is 9.91. The van der Waals surface area contributed by atoms with Gasteiger partial charge >= 0.3 is 6.03 Å². The van der Waals surface area contributed by atoms with Crippen molar-refractivity contribution in [2.24, 2.45) is 5.92 Å². The van der Waals surface area contributed by atoms with Crippen LogP contribution in [0.25, 0.3) is 0 Å². The van der Waals surface area contributed by atoms with Crippen molar-refractivity contribution >= 4 is 6.03 Å². The molecule has 1 atom stereocenters. The second-order valence-corrected chi connectivity index (χ2v) is 7.48. The highest BCUT2D eigenvalue weighted by molar-refractivity contribution is 5.74. The van der Waals surface area contributed by atoms with Gasteiger partial charge in [0, 0.05) is 51.7 Å². The van der Waals surface area contributed by atoms with Crippen molar-refractivity contribution in [3.63, 3.8) is 0 Å². The van der Waals surface area contributed by atoms with Crippen LogP contribution in [0.15, 0.2) is 49.1 Å². The van der Waals surface area contributed by atoms with E-state index >= 15 is 0 Å². The fourth-order valence-electron chi connectivity index (χ4n) is 3.63. The van der Waals surface area contributed by atoms with Gasteiger partial charge < -0.3 is 19.7 Å². The molecule has 2 heterocycles. The topological polar surface area (TPSA) is 53.4 Å². The Balaban J connectivity index is 1.33. The maximum Gasteiger partial charge on any atom is 0.317 e. The average molecular weight is 370 g/mol. The number of carbonyl (C=O) groups excluding carboxylic acids is 1. The van der Waals surface area contributed by atoms with Gasteiger partial charge in [0.2, 0.25) is 0 Å². The van der Waals surface area contributed by atoms with Gasteiger partial charge in [0.05, 0.1) is 6.33 Å². The summed E-state index contributed by atoms with van der Waals surface area (Å²) in [4.78, 5) is 20.8. The molecule has 2 aromatic rings. The van der Waals surface area contributed by atoms with E-state index < -0.39 is 0 Å². The summed E-state index contributed by atoms with van der Waals surface area (Å²) in [6.45, 7) is 5.17. The highest BCUT2D eigenvalue weighted by atomic mass is 16.2. The Hall–Kier alpha value is -2.34. The molecule has 0 bridgehead atoms. The second-order valence-electron chi connectivity index (χ2n) is 7.48. The Labute approximate surface area is 162 Å². The fourth-order valence-corrected chi connectivity index (χ4v) is 3.63. The Morgan fingerprint density at radius 2 is 2.15 bits per heavy atom. The lowest BCUT2D eigenvalue weighted by atomic mass is 9.98. The number of likely N-dealkylation sites (tertiary alicyclic amines) is 1. The van der Waals surface area contributed by atoms with Gasteiger partial charge in [-0.2, -0.15) is 0 Å². The van der Waals surface area contributed by atoms with Crippen molar-refractivity contribution in [3.8, 4) is 0 Å². The van der Waals surface area contributed by atoms with Crippen LogP contribution in [0.4, 0.5) is 4.79 Å². The van der Waals surface area contributed by atoms with E-state index in [1.54, 1.807) is 0 Å². The fraction of sp³-hybridized carbons (Fsp3) is 0.524. The monoisotopic (exact) mass is 369 g/mol. The van der Waals surface area contributed by atoms with Crippen molar-refractivity contribution in [2.75, 3.05) is 39.8 Å². The van der Waals surface area contributed by atoms with Gasteiger partial charge in [-0.3, -0.25) is 0 Å². The van der Waals surface area contributed by atoms with Gasteiger partial charge in [0.1, 0.15) is 0 Å². The zero-order valence-corrected chi connectivity index (χ0v) is 16.3. The lowest BCUT2D eigenvalue weighted by molar-refractivity contribution is 0.158. The summed E-state index contributed by atoms with van der Waals surface area (Å²) in [6, 6.07) is 10.6. The van der Waals surface area contributed by atoms with Crippen LogP contribution in [0.3, 0.4) is 0 Å². The molecule has 27 heavy (non-hydrogen) atoms. The van der Waals surface area contributed by atoms with Crippen molar-refractivity contribution < 1.29 is 4.79 Å². The van der Waals surface area contributed by atoms with E-state index in [4.69, 9.17) is 0 Å². The third-order valence-electron chi connectivity index (χ3n) is 5.23. The van der Waals surface area contributed by atoms with E-state index in [-0.39, 0.29) is 6.03 Å². The number of urea groups is 1. The molecule has 1 N–H and O–H groups in total. The van der Waals surface area contributed by atoms with E-state index in [9.17, 15) is 4.79 Å². The molecule has 0 spiro atoms. The summed E-state index contributed by atoms with van der Waals surface area (Å²) in [5.74, 6) is 0.507. The van der Waals surface area contributed by atoms with E-state index in [1.165, 1.54) is 12.0 Å². The van der Waals surface area contributed by atoms with Crippen LogP contribution in [0.1, 0.15) is 18.4 Å². The zero-order chi connectivity index (χ0) is 18.9. The molecule has 0 aliphatic carbocycles. The summed E-state index contributed by atoms with van der Waals surface area (Å²) >= 11 is 0. The lowest BCUT2D eigenvalue weighted by Crippen LogP contribution is -2.47. The van der Waals surface area contributed by atoms with Crippen LogP contribution < -0.4 is 5.32 Å². The van der Waals surface area contributed by atoms with Crippen LogP contribution >= 0.6 is 0 Å². The van der Waals surface area contributed by atoms with Crippen LogP contribution in [0, 0.1) is 5.92 Å². The van der Waals surface area contributed by atoms with Gasteiger partial charge in [-0.1, -0.05) is 30.3 Å². The second kappa shape index (κ2) is 10.1. The van der Waals surface area contributed by atoms with Gasteiger partial charge in [0.25, 0.3) is 0 Å². The van der Waals surface area contributed by atoms with Crippen LogP contribution in [0.5, 0.6) is 0 Å². The molecule has 1 aromatic heterocycles. The maximum absolute atomic E-state index is 12.5. The van der Waals surface area contributed by atoms with Crippen molar-refractivity contribution in [1.82, 2.24) is 24.7 Å². The Kier molecular flexibility index (Phi) is 7.27. The maximum atomic E-state index is 12.5. The van der Waals surface area contributed by atoms with Gasteiger partial charge in [-0.15, -0.1) is 0 Å². The minimum Gasteiger partial charge on any atom is -0.337 e. The number of nitrogens with one attached hydrogen (secondary N) is 1. The molecule has 1 fully saturated rings. The molecule has 6 heteroatoms. The number of amides is 2. The van der Waals surface area contributed by atoms with E-state index in [1.807, 2.05) is 29.7 Å². The molecule has 6 nitrogen and oxygen atoms in total. The van der Waals surface area contributed by atoms with Gasteiger partial charge in [-0.25, -0.2) is 9.78 Å². The molecular formula is C21H31N5O. The van der Waals surface area contributed by atoms with Crippen molar-refractivity contribution in [2.45, 2.75) is 25.8 Å². The molecule has 1 aliphatic rings. The van der Waals surface area contributed by atoms with E-state index in [0.717, 1.165) is 45.6 Å². The molecule has 0 radical (unpaired) electrons. The highest BCUT2D eigenvalue weighted by Crippen LogP contribution is 2.18. The largest absolute Gasteiger partial charge is 0.337 e. The number of likely N-dealkylation sites (N-methyl/N-ethyl adjacent to an activating group) is 1. The Bertz CT molecular complexity index is 673. The number of aromatic nitrogens is 2. The molecule has 3 rings (SSSR count). The summed E-state index contributed by atoms with van der Waals surface area (Å²) in [5.41, 5.74) is 1.35. The van der Waals surface area contributed by atoms with Gasteiger partial charge in [0.15, 0.2) is 0 Å². The third kappa shape index (κ3) is 6.40. The molecule has 146 valence electrons.